The maximum absolute atomic E-state index is 13.6. The fourth-order valence-corrected chi connectivity index (χ4v) is 4.69. The van der Waals surface area contributed by atoms with Crippen molar-refractivity contribution in [2.75, 3.05) is 62.8 Å². The summed E-state index contributed by atoms with van der Waals surface area (Å²) >= 11 is 0. The number of rotatable bonds is 7. The van der Waals surface area contributed by atoms with Gasteiger partial charge in [0.2, 0.25) is 0 Å². The van der Waals surface area contributed by atoms with Gasteiger partial charge < -0.3 is 19.8 Å². The molecule has 0 radical (unpaired) electrons. The Balaban J connectivity index is 1.39. The van der Waals surface area contributed by atoms with Crippen molar-refractivity contribution < 1.29 is 19.1 Å². The number of pyridine rings is 1. The molecular weight excluding hydrogens is 448 g/mol. The molecule has 2 N–H and O–H groups in total. The van der Waals surface area contributed by atoms with Gasteiger partial charge in [-0.2, -0.15) is 0 Å². The van der Waals surface area contributed by atoms with Gasteiger partial charge in [0.15, 0.2) is 0 Å². The SMILES string of the molecule is CCN1C(=O)N(c2cc(OC)cc(C(=O)NCCN3CCOCC3)c2)Cc2cnc3[nH]ccc3c21. The summed E-state index contributed by atoms with van der Waals surface area (Å²) in [6, 6.07) is 7.01. The van der Waals surface area contributed by atoms with E-state index < -0.39 is 0 Å². The summed E-state index contributed by atoms with van der Waals surface area (Å²) in [4.78, 5) is 39.8. The van der Waals surface area contributed by atoms with Crippen LogP contribution in [0.15, 0.2) is 36.7 Å². The first kappa shape index (κ1) is 23.1. The van der Waals surface area contributed by atoms with Gasteiger partial charge in [-0.15, -0.1) is 0 Å². The predicted molar refractivity (Wildman–Crippen MR) is 133 cm³/mol. The van der Waals surface area contributed by atoms with Crippen LogP contribution in [-0.4, -0.2) is 79.9 Å². The molecule has 0 aliphatic carbocycles. The van der Waals surface area contributed by atoms with Crippen LogP contribution in [0, 0.1) is 0 Å². The number of anilines is 2. The standard InChI is InChI=1S/C25H30N6O4/c1-3-30-22-18(15-28-23-21(22)4-5-26-23)16-31(25(30)33)19-12-17(13-20(14-19)34-2)24(32)27-6-7-29-8-10-35-11-9-29/h4-5,12-15H,3,6-11,16H2,1-2H3,(H,26,28)(H,27,32). The van der Waals surface area contributed by atoms with Crippen LogP contribution in [0.3, 0.4) is 0 Å². The van der Waals surface area contributed by atoms with Crippen LogP contribution in [0.25, 0.3) is 11.0 Å². The number of hydrogen-bond donors (Lipinski definition) is 2. The van der Waals surface area contributed by atoms with Gasteiger partial charge in [0, 0.05) is 67.7 Å². The molecule has 1 aromatic carbocycles. The van der Waals surface area contributed by atoms with E-state index in [1.165, 1.54) is 0 Å². The third-order valence-electron chi connectivity index (χ3n) is 6.53. The lowest BCUT2D eigenvalue weighted by molar-refractivity contribution is 0.0383. The molecule has 4 heterocycles. The minimum absolute atomic E-state index is 0.152. The lowest BCUT2D eigenvalue weighted by Crippen LogP contribution is -2.47. The highest BCUT2D eigenvalue weighted by Crippen LogP contribution is 2.37. The maximum Gasteiger partial charge on any atom is 0.329 e. The van der Waals surface area contributed by atoms with Gasteiger partial charge in [0.1, 0.15) is 11.4 Å². The molecule has 3 amide bonds. The van der Waals surface area contributed by atoms with Crippen LogP contribution in [0.5, 0.6) is 5.75 Å². The molecule has 10 heteroatoms. The fraction of sp³-hybridized carbons (Fsp3) is 0.400. The molecule has 5 rings (SSSR count). The number of fused-ring (bicyclic) bond motifs is 3. The summed E-state index contributed by atoms with van der Waals surface area (Å²) in [6.07, 6.45) is 3.63. The lowest BCUT2D eigenvalue weighted by Gasteiger charge is -2.37. The molecule has 0 spiro atoms. The number of ether oxygens (including phenoxy) is 2. The first-order valence-electron chi connectivity index (χ1n) is 11.9. The van der Waals surface area contributed by atoms with Crippen LogP contribution >= 0.6 is 0 Å². The molecule has 0 bridgehead atoms. The number of benzene rings is 1. The molecule has 1 fully saturated rings. The first-order chi connectivity index (χ1) is 17.1. The van der Waals surface area contributed by atoms with E-state index in [0.717, 1.165) is 55.1 Å². The Morgan fingerprint density at radius 3 is 2.86 bits per heavy atom. The van der Waals surface area contributed by atoms with Crippen molar-refractivity contribution in [1.82, 2.24) is 20.2 Å². The van der Waals surface area contributed by atoms with Gasteiger partial charge in [-0.1, -0.05) is 0 Å². The zero-order valence-electron chi connectivity index (χ0n) is 20.0. The second-order valence-corrected chi connectivity index (χ2v) is 8.61. The Morgan fingerprint density at radius 2 is 2.09 bits per heavy atom. The summed E-state index contributed by atoms with van der Waals surface area (Å²) < 4.78 is 10.8. The third kappa shape index (κ3) is 4.54. The van der Waals surface area contributed by atoms with E-state index >= 15 is 0 Å². The molecule has 2 aromatic heterocycles. The van der Waals surface area contributed by atoms with E-state index in [-0.39, 0.29) is 11.9 Å². The Bertz CT molecular complexity index is 1240. The van der Waals surface area contributed by atoms with E-state index in [2.05, 4.69) is 20.2 Å². The maximum atomic E-state index is 13.6. The molecule has 1 saturated heterocycles. The number of hydrogen-bond acceptors (Lipinski definition) is 6. The lowest BCUT2D eigenvalue weighted by atomic mass is 10.1. The summed E-state index contributed by atoms with van der Waals surface area (Å²) in [5.74, 6) is 0.313. The van der Waals surface area contributed by atoms with Gasteiger partial charge in [-0.25, -0.2) is 9.78 Å². The third-order valence-corrected chi connectivity index (χ3v) is 6.53. The van der Waals surface area contributed by atoms with Crippen LogP contribution in [0.4, 0.5) is 16.2 Å². The van der Waals surface area contributed by atoms with Crippen molar-refractivity contribution >= 4 is 34.3 Å². The summed E-state index contributed by atoms with van der Waals surface area (Å²) in [5, 5.41) is 3.91. The average Bonchev–Trinajstić information content (AvgIpc) is 3.38. The molecular formula is C25H30N6O4. The summed E-state index contributed by atoms with van der Waals surface area (Å²) in [6.45, 7) is 7.28. The number of nitrogens with one attached hydrogen (secondary N) is 2. The zero-order chi connectivity index (χ0) is 24.4. The van der Waals surface area contributed by atoms with E-state index in [9.17, 15) is 9.59 Å². The fourth-order valence-electron chi connectivity index (χ4n) is 4.69. The predicted octanol–water partition coefficient (Wildman–Crippen LogP) is 2.60. The van der Waals surface area contributed by atoms with E-state index in [0.29, 0.717) is 36.6 Å². The average molecular weight is 479 g/mol. The van der Waals surface area contributed by atoms with E-state index in [4.69, 9.17) is 9.47 Å². The molecule has 0 saturated carbocycles. The molecule has 10 nitrogen and oxygen atoms in total. The largest absolute Gasteiger partial charge is 0.497 e. The second kappa shape index (κ2) is 9.93. The molecule has 0 unspecified atom stereocenters. The van der Waals surface area contributed by atoms with Crippen molar-refractivity contribution in [3.05, 3.63) is 47.8 Å². The number of aromatic amines is 1. The minimum Gasteiger partial charge on any atom is -0.497 e. The number of carbonyl (C=O) groups excluding carboxylic acids is 2. The number of urea groups is 1. The number of nitrogens with zero attached hydrogens (tertiary/aromatic N) is 4. The Morgan fingerprint density at radius 1 is 1.26 bits per heavy atom. The summed E-state index contributed by atoms with van der Waals surface area (Å²) in [7, 11) is 1.55. The van der Waals surface area contributed by atoms with Crippen molar-refractivity contribution in [2.45, 2.75) is 13.5 Å². The molecule has 0 atom stereocenters. The zero-order valence-corrected chi connectivity index (χ0v) is 20.0. The van der Waals surface area contributed by atoms with Crippen LogP contribution in [0.2, 0.25) is 0 Å². The Hall–Kier alpha value is -3.63. The molecule has 2 aliphatic heterocycles. The normalized spacial score (nSPS) is 16.5. The monoisotopic (exact) mass is 478 g/mol. The van der Waals surface area contributed by atoms with Gasteiger partial charge in [-0.05, 0) is 25.1 Å². The number of aromatic nitrogens is 2. The van der Waals surface area contributed by atoms with Gasteiger partial charge >= 0.3 is 6.03 Å². The Labute approximate surface area is 203 Å². The van der Waals surface area contributed by atoms with Crippen molar-refractivity contribution in [2.24, 2.45) is 0 Å². The summed E-state index contributed by atoms with van der Waals surface area (Å²) in [5.41, 5.74) is 3.62. The molecule has 184 valence electrons. The number of amides is 3. The molecule has 35 heavy (non-hydrogen) atoms. The van der Waals surface area contributed by atoms with Crippen molar-refractivity contribution in [3.63, 3.8) is 0 Å². The quantitative estimate of drug-likeness (QED) is 0.541. The van der Waals surface area contributed by atoms with Crippen molar-refractivity contribution in [3.8, 4) is 5.75 Å². The highest BCUT2D eigenvalue weighted by atomic mass is 16.5. The van der Waals surface area contributed by atoms with Gasteiger partial charge in [-0.3, -0.25) is 19.5 Å². The second-order valence-electron chi connectivity index (χ2n) is 8.61. The smallest absolute Gasteiger partial charge is 0.329 e. The van der Waals surface area contributed by atoms with Crippen LogP contribution in [-0.2, 0) is 11.3 Å². The Kier molecular flexibility index (Phi) is 6.56. The van der Waals surface area contributed by atoms with Crippen molar-refractivity contribution in [1.29, 1.82) is 0 Å². The molecule has 2 aliphatic rings. The highest BCUT2D eigenvalue weighted by Gasteiger charge is 2.33. The highest BCUT2D eigenvalue weighted by molar-refractivity contribution is 6.11. The first-order valence-corrected chi connectivity index (χ1v) is 11.9. The topological polar surface area (TPSA) is 103 Å². The number of methoxy groups -OCH3 is 1. The number of morpholine rings is 1. The molecule has 3 aromatic rings. The van der Waals surface area contributed by atoms with Gasteiger partial charge in [0.05, 0.1) is 38.2 Å². The number of H-pyrrole nitrogens is 1. The van der Waals surface area contributed by atoms with Crippen LogP contribution < -0.4 is 19.9 Å². The minimum atomic E-state index is -0.202. The number of carbonyl (C=O) groups is 2. The van der Waals surface area contributed by atoms with E-state index in [1.807, 2.05) is 19.2 Å². The van der Waals surface area contributed by atoms with Gasteiger partial charge in [0.25, 0.3) is 5.91 Å². The van der Waals surface area contributed by atoms with E-state index in [1.54, 1.807) is 41.3 Å². The van der Waals surface area contributed by atoms with Crippen LogP contribution in [0.1, 0.15) is 22.8 Å².